The Balaban J connectivity index is 2.52. The van der Waals surface area contributed by atoms with Crippen molar-refractivity contribution in [3.8, 4) is 0 Å². The lowest BCUT2D eigenvalue weighted by molar-refractivity contribution is -0.145. The van der Waals surface area contributed by atoms with Crippen LogP contribution in [0, 0.1) is 5.92 Å². The Kier molecular flexibility index (Phi) is 6.78. The molecule has 0 spiro atoms. The summed E-state index contributed by atoms with van der Waals surface area (Å²) in [5.74, 6) is -0.736. The van der Waals surface area contributed by atoms with Gasteiger partial charge in [0.2, 0.25) is 0 Å². The summed E-state index contributed by atoms with van der Waals surface area (Å²) in [6, 6.07) is -0.405. The maximum absolute atomic E-state index is 11.9. The van der Waals surface area contributed by atoms with Crippen LogP contribution < -0.4 is 10.6 Å². The number of carboxylic acids is 1. The highest BCUT2D eigenvalue weighted by Gasteiger charge is 2.40. The molecule has 1 aliphatic rings. The Morgan fingerprint density at radius 2 is 1.85 bits per heavy atom. The number of amides is 2. The van der Waals surface area contributed by atoms with Gasteiger partial charge in [0, 0.05) is 13.7 Å². The summed E-state index contributed by atoms with van der Waals surface area (Å²) in [6.45, 7) is 2.99. The van der Waals surface area contributed by atoms with E-state index in [1.807, 2.05) is 6.92 Å². The van der Waals surface area contributed by atoms with Crippen LogP contribution in [0.4, 0.5) is 4.79 Å². The van der Waals surface area contributed by atoms with Crippen molar-refractivity contribution in [2.24, 2.45) is 5.92 Å². The molecule has 0 radical (unpaired) electrons. The third kappa shape index (κ3) is 5.00. The Morgan fingerprint density at radius 1 is 1.25 bits per heavy atom. The Hall–Kier alpha value is -1.30. The van der Waals surface area contributed by atoms with Crippen molar-refractivity contribution < 1.29 is 19.4 Å². The molecule has 2 amide bonds. The predicted molar refractivity (Wildman–Crippen MR) is 75.6 cm³/mol. The van der Waals surface area contributed by atoms with E-state index < -0.39 is 17.5 Å². The minimum absolute atomic E-state index is 0.195. The minimum atomic E-state index is -1.11. The minimum Gasteiger partial charge on any atom is -0.480 e. The average molecular weight is 286 g/mol. The molecule has 6 nitrogen and oxygen atoms in total. The molecule has 1 fully saturated rings. The zero-order chi connectivity index (χ0) is 15.0. The van der Waals surface area contributed by atoms with Crippen LogP contribution in [-0.4, -0.2) is 42.9 Å². The molecule has 1 rings (SSSR count). The van der Waals surface area contributed by atoms with Crippen molar-refractivity contribution in [1.29, 1.82) is 0 Å². The number of aliphatic carboxylic acids is 1. The van der Waals surface area contributed by atoms with E-state index in [0.29, 0.717) is 26.0 Å². The second kappa shape index (κ2) is 8.09. The average Bonchev–Trinajstić information content (AvgIpc) is 2.63. The van der Waals surface area contributed by atoms with E-state index in [1.54, 1.807) is 7.11 Å². The van der Waals surface area contributed by atoms with E-state index in [1.165, 1.54) is 0 Å². The van der Waals surface area contributed by atoms with E-state index >= 15 is 0 Å². The molecule has 6 heteroatoms. The smallest absolute Gasteiger partial charge is 0.329 e. The molecule has 20 heavy (non-hydrogen) atoms. The highest BCUT2D eigenvalue weighted by molar-refractivity contribution is 5.86. The van der Waals surface area contributed by atoms with E-state index in [4.69, 9.17) is 4.74 Å². The van der Waals surface area contributed by atoms with Gasteiger partial charge in [-0.2, -0.15) is 0 Å². The van der Waals surface area contributed by atoms with Gasteiger partial charge in [-0.05, 0) is 18.8 Å². The number of hydrogen-bond donors (Lipinski definition) is 3. The Morgan fingerprint density at radius 3 is 2.35 bits per heavy atom. The summed E-state index contributed by atoms with van der Waals surface area (Å²) in [7, 11) is 1.61. The van der Waals surface area contributed by atoms with E-state index in [9.17, 15) is 14.7 Å². The summed E-state index contributed by atoms with van der Waals surface area (Å²) < 4.78 is 4.99. The van der Waals surface area contributed by atoms with Crippen molar-refractivity contribution in [2.45, 2.75) is 51.0 Å². The van der Waals surface area contributed by atoms with Crippen LogP contribution in [0.2, 0.25) is 0 Å². The SMILES string of the molecule is COCC(C)CNC(=O)NC1(C(=O)O)CCCCCC1. The van der Waals surface area contributed by atoms with Gasteiger partial charge in [0.25, 0.3) is 0 Å². The monoisotopic (exact) mass is 286 g/mol. The van der Waals surface area contributed by atoms with Crippen LogP contribution in [0.5, 0.6) is 0 Å². The van der Waals surface area contributed by atoms with Gasteiger partial charge in [-0.25, -0.2) is 9.59 Å². The molecular formula is C14H26N2O4. The molecule has 0 aliphatic heterocycles. The molecule has 3 N–H and O–H groups in total. The molecule has 1 saturated carbocycles. The fourth-order valence-electron chi connectivity index (χ4n) is 2.60. The first-order valence-electron chi connectivity index (χ1n) is 7.28. The maximum atomic E-state index is 11.9. The summed E-state index contributed by atoms with van der Waals surface area (Å²) >= 11 is 0. The highest BCUT2D eigenvalue weighted by Crippen LogP contribution is 2.27. The molecule has 0 heterocycles. The van der Waals surface area contributed by atoms with Crippen LogP contribution in [0.15, 0.2) is 0 Å². The summed E-state index contributed by atoms with van der Waals surface area (Å²) in [4.78, 5) is 23.5. The predicted octanol–water partition coefficient (Wildman–Crippen LogP) is 1.75. The molecule has 116 valence electrons. The van der Waals surface area contributed by atoms with Crippen LogP contribution in [0.3, 0.4) is 0 Å². The van der Waals surface area contributed by atoms with E-state index in [2.05, 4.69) is 10.6 Å². The Labute approximate surface area is 120 Å². The Bertz CT molecular complexity index is 325. The molecule has 1 unspecified atom stereocenters. The first-order valence-corrected chi connectivity index (χ1v) is 7.28. The number of ether oxygens (including phenoxy) is 1. The molecule has 0 aromatic carbocycles. The number of rotatable bonds is 6. The van der Waals surface area contributed by atoms with E-state index in [0.717, 1.165) is 25.7 Å². The number of carboxylic acid groups (broad SMARTS) is 1. The van der Waals surface area contributed by atoms with Crippen LogP contribution in [0.1, 0.15) is 45.4 Å². The van der Waals surface area contributed by atoms with Gasteiger partial charge in [0.1, 0.15) is 5.54 Å². The molecule has 0 bridgehead atoms. The number of nitrogens with one attached hydrogen (secondary N) is 2. The maximum Gasteiger partial charge on any atom is 0.329 e. The first-order chi connectivity index (χ1) is 9.50. The van der Waals surface area contributed by atoms with Gasteiger partial charge in [-0.1, -0.05) is 32.6 Å². The third-order valence-corrected chi connectivity index (χ3v) is 3.78. The normalized spacial score (nSPS) is 19.7. The van der Waals surface area contributed by atoms with Crippen molar-refractivity contribution in [3.05, 3.63) is 0 Å². The van der Waals surface area contributed by atoms with Gasteiger partial charge >= 0.3 is 12.0 Å². The number of urea groups is 1. The van der Waals surface area contributed by atoms with Gasteiger partial charge in [-0.3, -0.25) is 0 Å². The standard InChI is InChI=1S/C14H26N2O4/c1-11(10-20-2)9-15-13(19)16-14(12(17)18)7-5-3-4-6-8-14/h11H,3-10H2,1-2H3,(H,17,18)(H2,15,16,19). The second-order valence-corrected chi connectivity index (χ2v) is 5.70. The fraction of sp³-hybridized carbons (Fsp3) is 0.857. The second-order valence-electron chi connectivity index (χ2n) is 5.70. The van der Waals surface area contributed by atoms with Gasteiger partial charge in [0.05, 0.1) is 6.61 Å². The number of carbonyl (C=O) groups excluding carboxylic acids is 1. The number of carbonyl (C=O) groups is 2. The molecule has 1 aliphatic carbocycles. The molecule has 1 atom stereocenters. The van der Waals surface area contributed by atoms with Gasteiger partial charge < -0.3 is 20.5 Å². The fourth-order valence-corrected chi connectivity index (χ4v) is 2.60. The molecular weight excluding hydrogens is 260 g/mol. The molecule has 0 aromatic rings. The highest BCUT2D eigenvalue weighted by atomic mass is 16.5. The quantitative estimate of drug-likeness (QED) is 0.649. The first kappa shape index (κ1) is 16.8. The molecule has 0 saturated heterocycles. The molecule has 0 aromatic heterocycles. The van der Waals surface area contributed by atoms with Crippen molar-refractivity contribution >= 4 is 12.0 Å². The zero-order valence-electron chi connectivity index (χ0n) is 12.4. The number of hydrogen-bond acceptors (Lipinski definition) is 3. The van der Waals surface area contributed by atoms with Gasteiger partial charge in [-0.15, -0.1) is 0 Å². The van der Waals surface area contributed by atoms with Gasteiger partial charge in [0.15, 0.2) is 0 Å². The van der Waals surface area contributed by atoms with Crippen molar-refractivity contribution in [2.75, 3.05) is 20.3 Å². The summed E-state index contributed by atoms with van der Waals surface area (Å²) in [5, 5.41) is 14.9. The number of methoxy groups -OCH3 is 1. The van der Waals surface area contributed by atoms with Crippen LogP contribution in [0.25, 0.3) is 0 Å². The summed E-state index contributed by atoms with van der Waals surface area (Å²) in [6.07, 6.45) is 4.75. The summed E-state index contributed by atoms with van der Waals surface area (Å²) in [5.41, 5.74) is -1.11. The third-order valence-electron chi connectivity index (χ3n) is 3.78. The largest absolute Gasteiger partial charge is 0.480 e. The van der Waals surface area contributed by atoms with Crippen molar-refractivity contribution in [3.63, 3.8) is 0 Å². The lowest BCUT2D eigenvalue weighted by atomic mass is 9.90. The lowest BCUT2D eigenvalue weighted by Gasteiger charge is -2.29. The topological polar surface area (TPSA) is 87.7 Å². The zero-order valence-corrected chi connectivity index (χ0v) is 12.4. The van der Waals surface area contributed by atoms with Crippen LogP contribution in [-0.2, 0) is 9.53 Å². The lowest BCUT2D eigenvalue weighted by Crippen LogP contribution is -2.57. The van der Waals surface area contributed by atoms with E-state index in [-0.39, 0.29) is 5.92 Å². The van der Waals surface area contributed by atoms with Crippen LogP contribution >= 0.6 is 0 Å². The van der Waals surface area contributed by atoms with Crippen molar-refractivity contribution in [1.82, 2.24) is 10.6 Å².